The van der Waals surface area contributed by atoms with Crippen LogP contribution < -0.4 is 0 Å². The van der Waals surface area contributed by atoms with E-state index in [1.54, 1.807) is 4.90 Å². The van der Waals surface area contributed by atoms with E-state index in [1.807, 2.05) is 46.4 Å². The number of Topliss-reactive ketones (excluding diaryl/α,β-unsaturated/α-hetero) is 1. The molecule has 2 fully saturated rings. The van der Waals surface area contributed by atoms with E-state index in [9.17, 15) is 14.4 Å². The van der Waals surface area contributed by atoms with Gasteiger partial charge >= 0.3 is 0 Å². The maximum Gasteiger partial charge on any atom is 0.248 e. The summed E-state index contributed by atoms with van der Waals surface area (Å²) < 4.78 is 0. The molecule has 2 heterocycles. The van der Waals surface area contributed by atoms with Gasteiger partial charge in [-0.15, -0.1) is 0 Å². The van der Waals surface area contributed by atoms with Gasteiger partial charge in [-0.2, -0.15) is 0 Å². The lowest BCUT2D eigenvalue weighted by Crippen LogP contribution is -2.63. The van der Waals surface area contributed by atoms with Crippen molar-refractivity contribution >= 4 is 17.6 Å². The van der Waals surface area contributed by atoms with Crippen molar-refractivity contribution in [2.24, 2.45) is 10.8 Å². The van der Waals surface area contributed by atoms with Crippen LogP contribution in [0.3, 0.4) is 0 Å². The molecular weight excluding hydrogens is 304 g/mol. The predicted octanol–water partition coefficient (Wildman–Crippen LogP) is 2.63. The van der Waals surface area contributed by atoms with E-state index in [0.29, 0.717) is 25.9 Å². The van der Waals surface area contributed by atoms with E-state index in [0.717, 1.165) is 12.8 Å². The second kappa shape index (κ2) is 6.16. The summed E-state index contributed by atoms with van der Waals surface area (Å²) in [6.45, 7) is 12.7. The molecule has 2 rings (SSSR count). The highest BCUT2D eigenvalue weighted by Gasteiger charge is 2.54. The van der Waals surface area contributed by atoms with Gasteiger partial charge in [0.15, 0.2) is 5.78 Å². The highest BCUT2D eigenvalue weighted by molar-refractivity contribution is 5.96. The van der Waals surface area contributed by atoms with E-state index >= 15 is 0 Å². The quantitative estimate of drug-likeness (QED) is 0.779. The van der Waals surface area contributed by atoms with Crippen LogP contribution in [0.25, 0.3) is 0 Å². The number of nitrogens with zero attached hydrogens (tertiary/aromatic N) is 2. The molecule has 5 nitrogen and oxygen atoms in total. The predicted molar refractivity (Wildman–Crippen MR) is 93.4 cm³/mol. The first-order chi connectivity index (χ1) is 10.9. The van der Waals surface area contributed by atoms with Crippen molar-refractivity contribution in [1.82, 2.24) is 9.80 Å². The first kappa shape index (κ1) is 18.9. The van der Waals surface area contributed by atoms with E-state index < -0.39 is 16.4 Å². The zero-order valence-corrected chi connectivity index (χ0v) is 16.1. The third-order valence-electron chi connectivity index (χ3n) is 5.25. The number of rotatable bonds is 2. The summed E-state index contributed by atoms with van der Waals surface area (Å²) in [6.07, 6.45) is 3.13. The number of piperidine rings is 1. The van der Waals surface area contributed by atoms with Crippen LogP contribution in [0.5, 0.6) is 0 Å². The van der Waals surface area contributed by atoms with Crippen molar-refractivity contribution in [3.63, 3.8) is 0 Å². The lowest BCUT2D eigenvalue weighted by atomic mass is 9.82. The lowest BCUT2D eigenvalue weighted by molar-refractivity contribution is -0.160. The molecule has 0 bridgehead atoms. The Hall–Kier alpha value is -1.39. The van der Waals surface area contributed by atoms with Crippen molar-refractivity contribution < 1.29 is 14.4 Å². The van der Waals surface area contributed by atoms with Crippen LogP contribution in [0.15, 0.2) is 0 Å². The second-order valence-corrected chi connectivity index (χ2v) is 9.35. The molecule has 0 saturated carbocycles. The summed E-state index contributed by atoms with van der Waals surface area (Å²) in [4.78, 5) is 42.0. The summed E-state index contributed by atoms with van der Waals surface area (Å²) in [6, 6.07) is 0. The third-order valence-corrected chi connectivity index (χ3v) is 5.25. The smallest absolute Gasteiger partial charge is 0.248 e. The Morgan fingerprint density at radius 2 is 1.50 bits per heavy atom. The molecule has 0 N–H and O–H groups in total. The van der Waals surface area contributed by atoms with E-state index in [4.69, 9.17) is 0 Å². The Bertz CT molecular complexity index is 542. The molecule has 0 aromatic rings. The first-order valence-electron chi connectivity index (χ1n) is 9.04. The molecular formula is C19H32N2O3. The molecule has 136 valence electrons. The van der Waals surface area contributed by atoms with Crippen LogP contribution in [-0.2, 0) is 14.4 Å². The first-order valence-corrected chi connectivity index (χ1v) is 9.04. The Labute approximate surface area is 145 Å². The summed E-state index contributed by atoms with van der Waals surface area (Å²) in [5, 5.41) is 0. The second-order valence-electron chi connectivity index (χ2n) is 9.35. The minimum atomic E-state index is -0.721. The normalized spacial score (nSPS) is 25.5. The summed E-state index contributed by atoms with van der Waals surface area (Å²) in [7, 11) is 0. The maximum atomic E-state index is 13.2. The molecule has 1 spiro atoms. The Morgan fingerprint density at radius 3 is 2.00 bits per heavy atom. The Balaban J connectivity index is 2.25. The number of hydrogen-bond donors (Lipinski definition) is 0. The van der Waals surface area contributed by atoms with Crippen molar-refractivity contribution in [2.75, 3.05) is 19.6 Å². The third kappa shape index (κ3) is 3.35. The van der Waals surface area contributed by atoms with E-state index in [2.05, 4.69) is 0 Å². The van der Waals surface area contributed by atoms with Gasteiger partial charge in [0.25, 0.3) is 0 Å². The number of carbonyl (C=O) groups excluding carboxylic acids is 3. The van der Waals surface area contributed by atoms with Gasteiger partial charge in [-0.1, -0.05) is 41.5 Å². The molecule has 2 saturated heterocycles. The zero-order valence-electron chi connectivity index (χ0n) is 16.1. The van der Waals surface area contributed by atoms with Crippen molar-refractivity contribution in [1.29, 1.82) is 0 Å². The Morgan fingerprint density at radius 1 is 0.958 bits per heavy atom. The summed E-state index contributed by atoms with van der Waals surface area (Å²) in [5.41, 5.74) is -1.68. The molecule has 0 radical (unpaired) electrons. The molecule has 5 heteroatoms. The van der Waals surface area contributed by atoms with Gasteiger partial charge in [-0.3, -0.25) is 14.4 Å². The minimum Gasteiger partial charge on any atom is -0.333 e. The standard InChI is InChI=1S/C19H32N2O3/c1-17(2,3)14(22)13-20-11-7-9-19(16(20)24)10-8-12-21(19)15(23)18(4,5)6/h7-13H2,1-6H3/t19-/m0/s1. The van der Waals surface area contributed by atoms with Gasteiger partial charge < -0.3 is 9.80 Å². The summed E-state index contributed by atoms with van der Waals surface area (Å²) >= 11 is 0. The fourth-order valence-electron chi connectivity index (χ4n) is 3.69. The largest absolute Gasteiger partial charge is 0.333 e. The van der Waals surface area contributed by atoms with Gasteiger partial charge in [0, 0.05) is 23.9 Å². The average molecular weight is 336 g/mol. The molecule has 2 amide bonds. The van der Waals surface area contributed by atoms with Crippen LogP contribution >= 0.6 is 0 Å². The van der Waals surface area contributed by atoms with Crippen LogP contribution in [0.2, 0.25) is 0 Å². The van der Waals surface area contributed by atoms with E-state index in [-0.39, 0.29) is 24.1 Å². The van der Waals surface area contributed by atoms with Crippen LogP contribution in [0.1, 0.15) is 67.2 Å². The molecule has 1 atom stereocenters. The number of amides is 2. The topological polar surface area (TPSA) is 57.7 Å². The van der Waals surface area contributed by atoms with Crippen molar-refractivity contribution in [2.45, 2.75) is 72.8 Å². The van der Waals surface area contributed by atoms with Gasteiger partial charge in [0.05, 0.1) is 6.54 Å². The van der Waals surface area contributed by atoms with Gasteiger partial charge in [0.2, 0.25) is 11.8 Å². The molecule has 2 aliphatic heterocycles. The molecule has 2 aliphatic rings. The number of carbonyl (C=O) groups is 3. The van der Waals surface area contributed by atoms with Crippen molar-refractivity contribution in [3.05, 3.63) is 0 Å². The fourth-order valence-corrected chi connectivity index (χ4v) is 3.69. The lowest BCUT2D eigenvalue weighted by Gasteiger charge is -2.46. The highest BCUT2D eigenvalue weighted by atomic mass is 16.2. The van der Waals surface area contributed by atoms with Crippen LogP contribution in [0.4, 0.5) is 0 Å². The molecule has 24 heavy (non-hydrogen) atoms. The fraction of sp³-hybridized carbons (Fsp3) is 0.842. The average Bonchev–Trinajstić information content (AvgIpc) is 2.85. The highest BCUT2D eigenvalue weighted by Crippen LogP contribution is 2.40. The number of hydrogen-bond acceptors (Lipinski definition) is 3. The van der Waals surface area contributed by atoms with Crippen molar-refractivity contribution in [3.8, 4) is 0 Å². The zero-order chi connectivity index (χ0) is 18.3. The monoisotopic (exact) mass is 336 g/mol. The maximum absolute atomic E-state index is 13.2. The van der Waals surface area contributed by atoms with Gasteiger partial charge in [-0.05, 0) is 25.7 Å². The Kier molecular flexibility index (Phi) is 4.86. The molecule has 0 aromatic heterocycles. The molecule has 0 aromatic carbocycles. The number of likely N-dealkylation sites (tertiary alicyclic amines) is 2. The van der Waals surface area contributed by atoms with Crippen LogP contribution in [0, 0.1) is 10.8 Å². The minimum absolute atomic E-state index is 0.0264. The molecule has 0 aliphatic carbocycles. The number of ketones is 1. The van der Waals surface area contributed by atoms with Gasteiger partial charge in [-0.25, -0.2) is 0 Å². The SMILES string of the molecule is CC(C)(C)C(=O)CN1CCC[C@]2(CCCN2C(=O)C(C)(C)C)C1=O. The summed E-state index contributed by atoms with van der Waals surface area (Å²) in [5.74, 6) is 0.0818. The van der Waals surface area contributed by atoms with Gasteiger partial charge in [0.1, 0.15) is 5.54 Å². The van der Waals surface area contributed by atoms with E-state index in [1.165, 1.54) is 0 Å². The van der Waals surface area contributed by atoms with Crippen LogP contribution in [-0.4, -0.2) is 52.6 Å². The molecule has 0 unspecified atom stereocenters.